The molecule has 0 radical (unpaired) electrons. The number of amides is 2. The number of ether oxygens (including phenoxy) is 2. The van der Waals surface area contributed by atoms with Crippen LogP contribution in [0.5, 0.6) is 5.75 Å². The van der Waals surface area contributed by atoms with Crippen molar-refractivity contribution in [1.29, 1.82) is 0 Å². The molecule has 1 saturated heterocycles. The summed E-state index contributed by atoms with van der Waals surface area (Å²) in [7, 11) is -3.48. The Morgan fingerprint density at radius 2 is 1.83 bits per heavy atom. The van der Waals surface area contributed by atoms with Gasteiger partial charge < -0.3 is 19.7 Å². The third-order valence-electron chi connectivity index (χ3n) is 5.06. The third-order valence-corrected chi connectivity index (χ3v) is 6.86. The monoisotopic (exact) mass is 439 g/mol. The van der Waals surface area contributed by atoms with Crippen LogP contribution in [-0.4, -0.2) is 75.3 Å². The first-order chi connectivity index (χ1) is 14.3. The second kappa shape index (κ2) is 9.76. The van der Waals surface area contributed by atoms with Crippen LogP contribution in [0.15, 0.2) is 24.3 Å². The fourth-order valence-corrected chi connectivity index (χ4v) is 5.17. The Bertz CT molecular complexity index is 865. The number of para-hydroxylation sites is 2. The van der Waals surface area contributed by atoms with Gasteiger partial charge in [0.2, 0.25) is 21.8 Å². The Labute approximate surface area is 177 Å². The molecule has 2 amide bonds. The van der Waals surface area contributed by atoms with Crippen LogP contribution >= 0.6 is 0 Å². The van der Waals surface area contributed by atoms with Gasteiger partial charge in [0.05, 0.1) is 30.2 Å². The number of fused-ring (bicyclic) bond motifs is 1. The average molecular weight is 440 g/mol. The number of nitrogens with zero attached hydrogens (tertiary/aromatic N) is 2. The lowest BCUT2D eigenvalue weighted by Crippen LogP contribution is -2.49. The molecular weight excluding hydrogens is 410 g/mol. The number of benzene rings is 1. The van der Waals surface area contributed by atoms with Gasteiger partial charge in [0, 0.05) is 32.5 Å². The molecule has 0 aliphatic carbocycles. The summed E-state index contributed by atoms with van der Waals surface area (Å²) in [4.78, 5) is 26.3. The fraction of sp³-hybridized carbons (Fsp3) is 0.600. The molecule has 0 saturated carbocycles. The first-order valence-electron chi connectivity index (χ1n) is 10.2. The molecule has 0 aromatic heterocycles. The maximum atomic E-state index is 12.5. The second-order valence-electron chi connectivity index (χ2n) is 7.60. The minimum Gasteiger partial charge on any atom is -0.490 e. The molecule has 166 valence electrons. The van der Waals surface area contributed by atoms with Gasteiger partial charge in [0.1, 0.15) is 12.4 Å². The van der Waals surface area contributed by atoms with Gasteiger partial charge in [-0.1, -0.05) is 12.1 Å². The summed E-state index contributed by atoms with van der Waals surface area (Å²) in [5.74, 6) is -0.0321. The van der Waals surface area contributed by atoms with E-state index in [0.29, 0.717) is 37.7 Å². The van der Waals surface area contributed by atoms with Crippen molar-refractivity contribution in [2.45, 2.75) is 38.9 Å². The number of morpholine rings is 1. The van der Waals surface area contributed by atoms with Crippen LogP contribution in [0.2, 0.25) is 0 Å². The first kappa shape index (κ1) is 22.5. The number of sulfonamides is 1. The lowest BCUT2D eigenvalue weighted by molar-refractivity contribution is -0.125. The van der Waals surface area contributed by atoms with E-state index in [4.69, 9.17) is 9.47 Å². The Hall–Kier alpha value is -2.17. The Morgan fingerprint density at radius 3 is 2.57 bits per heavy atom. The predicted octanol–water partition coefficient (Wildman–Crippen LogP) is 0.747. The Kier molecular flexibility index (Phi) is 7.32. The van der Waals surface area contributed by atoms with Crippen LogP contribution in [0.4, 0.5) is 5.69 Å². The molecule has 1 aromatic rings. The topological polar surface area (TPSA) is 105 Å². The third kappa shape index (κ3) is 5.71. The lowest BCUT2D eigenvalue weighted by atomic mass is 10.2. The van der Waals surface area contributed by atoms with Crippen molar-refractivity contribution in [3.63, 3.8) is 0 Å². The molecule has 1 fully saturated rings. The van der Waals surface area contributed by atoms with Gasteiger partial charge in [0.15, 0.2) is 0 Å². The molecule has 0 spiro atoms. The van der Waals surface area contributed by atoms with Crippen molar-refractivity contribution in [1.82, 2.24) is 9.62 Å². The summed E-state index contributed by atoms with van der Waals surface area (Å²) in [6, 6.07) is 7.28. The number of rotatable bonds is 7. The number of anilines is 1. The summed E-state index contributed by atoms with van der Waals surface area (Å²) in [6.45, 7) is 5.16. The zero-order valence-electron chi connectivity index (χ0n) is 17.4. The number of hydrogen-bond acceptors (Lipinski definition) is 6. The van der Waals surface area contributed by atoms with Crippen molar-refractivity contribution in [2.24, 2.45) is 0 Å². The molecule has 2 atom stereocenters. The molecule has 9 nitrogen and oxygen atoms in total. The smallest absolute Gasteiger partial charge is 0.227 e. The standard InChI is InChI=1S/C20H29N3O6S/c1-15-13-22(14-16(2)29-15)30(26,27)12-9-21-19(24)7-8-20(25)23-10-11-28-18-6-4-3-5-17(18)23/h3-6,15-16H,7-14H2,1-2H3,(H,21,24). The Morgan fingerprint density at radius 1 is 1.13 bits per heavy atom. The van der Waals surface area contributed by atoms with Gasteiger partial charge in [-0.15, -0.1) is 0 Å². The van der Waals surface area contributed by atoms with Gasteiger partial charge >= 0.3 is 0 Å². The summed E-state index contributed by atoms with van der Waals surface area (Å²) in [5, 5.41) is 2.61. The SMILES string of the molecule is CC1CN(S(=O)(=O)CCNC(=O)CCC(=O)N2CCOc3ccccc32)CC(C)O1. The van der Waals surface area contributed by atoms with E-state index in [1.807, 2.05) is 32.0 Å². The van der Waals surface area contributed by atoms with E-state index < -0.39 is 10.0 Å². The van der Waals surface area contributed by atoms with E-state index in [2.05, 4.69) is 5.32 Å². The zero-order valence-corrected chi connectivity index (χ0v) is 18.2. The molecule has 1 aromatic carbocycles. The van der Waals surface area contributed by atoms with Gasteiger partial charge in [-0.2, -0.15) is 4.31 Å². The average Bonchev–Trinajstić information content (AvgIpc) is 2.70. The maximum Gasteiger partial charge on any atom is 0.227 e. The highest BCUT2D eigenvalue weighted by Gasteiger charge is 2.30. The van der Waals surface area contributed by atoms with Crippen LogP contribution < -0.4 is 15.0 Å². The summed E-state index contributed by atoms with van der Waals surface area (Å²) < 4.78 is 37.5. The molecular formula is C20H29N3O6S. The summed E-state index contributed by atoms with van der Waals surface area (Å²) >= 11 is 0. The zero-order chi connectivity index (χ0) is 21.7. The molecule has 0 bridgehead atoms. The minimum absolute atomic E-state index is 0.00400. The van der Waals surface area contributed by atoms with Crippen LogP contribution in [0.25, 0.3) is 0 Å². The molecule has 2 unspecified atom stereocenters. The summed E-state index contributed by atoms with van der Waals surface area (Å²) in [5.41, 5.74) is 0.703. The highest BCUT2D eigenvalue weighted by atomic mass is 32.2. The summed E-state index contributed by atoms with van der Waals surface area (Å²) in [6.07, 6.45) is -0.265. The van der Waals surface area contributed by atoms with E-state index >= 15 is 0 Å². The number of hydrogen-bond donors (Lipinski definition) is 1. The normalized spacial score (nSPS) is 22.1. The van der Waals surface area contributed by atoms with Crippen molar-refractivity contribution in [3.8, 4) is 5.75 Å². The van der Waals surface area contributed by atoms with Crippen LogP contribution in [0.3, 0.4) is 0 Å². The van der Waals surface area contributed by atoms with Crippen molar-refractivity contribution >= 4 is 27.5 Å². The lowest BCUT2D eigenvalue weighted by Gasteiger charge is -2.34. The first-order valence-corrected chi connectivity index (χ1v) is 11.8. The molecule has 10 heteroatoms. The molecule has 1 N–H and O–H groups in total. The number of carbonyl (C=O) groups is 2. The number of carbonyl (C=O) groups excluding carboxylic acids is 2. The molecule has 3 rings (SSSR count). The van der Waals surface area contributed by atoms with E-state index in [9.17, 15) is 18.0 Å². The highest BCUT2D eigenvalue weighted by Crippen LogP contribution is 2.31. The van der Waals surface area contributed by atoms with Gasteiger partial charge in [0.25, 0.3) is 0 Å². The predicted molar refractivity (Wildman–Crippen MR) is 112 cm³/mol. The second-order valence-corrected chi connectivity index (χ2v) is 9.69. The van der Waals surface area contributed by atoms with Gasteiger partial charge in [-0.3, -0.25) is 9.59 Å². The van der Waals surface area contributed by atoms with Crippen molar-refractivity contribution < 1.29 is 27.5 Å². The van der Waals surface area contributed by atoms with Crippen molar-refractivity contribution in [3.05, 3.63) is 24.3 Å². The maximum absolute atomic E-state index is 12.5. The van der Waals surface area contributed by atoms with E-state index in [1.54, 1.807) is 11.0 Å². The minimum atomic E-state index is -3.48. The van der Waals surface area contributed by atoms with E-state index in [0.717, 1.165) is 0 Å². The number of nitrogens with one attached hydrogen (secondary N) is 1. The van der Waals surface area contributed by atoms with E-state index in [1.165, 1.54) is 4.31 Å². The molecule has 30 heavy (non-hydrogen) atoms. The molecule has 2 heterocycles. The van der Waals surface area contributed by atoms with Gasteiger partial charge in [-0.25, -0.2) is 8.42 Å². The largest absolute Gasteiger partial charge is 0.490 e. The van der Waals surface area contributed by atoms with Crippen LogP contribution in [0.1, 0.15) is 26.7 Å². The Balaban J connectivity index is 1.43. The quantitative estimate of drug-likeness (QED) is 0.672. The van der Waals surface area contributed by atoms with Crippen LogP contribution in [0, 0.1) is 0 Å². The van der Waals surface area contributed by atoms with E-state index in [-0.39, 0.29) is 49.2 Å². The van der Waals surface area contributed by atoms with Gasteiger partial charge in [-0.05, 0) is 26.0 Å². The van der Waals surface area contributed by atoms with Crippen LogP contribution in [-0.2, 0) is 24.3 Å². The molecule has 2 aliphatic heterocycles. The molecule has 2 aliphatic rings. The van der Waals surface area contributed by atoms with Crippen molar-refractivity contribution in [2.75, 3.05) is 43.4 Å². The highest BCUT2D eigenvalue weighted by molar-refractivity contribution is 7.89. The fourth-order valence-electron chi connectivity index (χ4n) is 3.68.